The van der Waals surface area contributed by atoms with Gasteiger partial charge in [0, 0.05) is 24.8 Å². The highest BCUT2D eigenvalue weighted by Crippen LogP contribution is 2.24. The molecule has 2 rings (SSSR count). The lowest BCUT2D eigenvalue weighted by molar-refractivity contribution is 0.449. The molecule has 1 aromatic rings. The molecule has 1 saturated heterocycles. The number of benzene rings is 1. The summed E-state index contributed by atoms with van der Waals surface area (Å²) in [6, 6.07) is 7.38. The zero-order valence-electron chi connectivity index (χ0n) is 10.6. The number of piperidine rings is 1. The highest BCUT2D eigenvalue weighted by Gasteiger charge is 2.19. The van der Waals surface area contributed by atoms with Gasteiger partial charge in [-0.3, -0.25) is 0 Å². The van der Waals surface area contributed by atoms with Crippen LogP contribution in [-0.2, 0) is 0 Å². The molecule has 1 unspecified atom stereocenters. The van der Waals surface area contributed by atoms with Gasteiger partial charge in [0.1, 0.15) is 0 Å². The highest BCUT2D eigenvalue weighted by atomic mass is 15.2. The van der Waals surface area contributed by atoms with E-state index in [0.29, 0.717) is 6.04 Å². The first-order valence-electron chi connectivity index (χ1n) is 6.20. The van der Waals surface area contributed by atoms with Crippen LogP contribution in [0.25, 0.3) is 0 Å². The van der Waals surface area contributed by atoms with E-state index in [0.717, 1.165) is 6.54 Å². The smallest absolute Gasteiger partial charge is 0.0399 e. The van der Waals surface area contributed by atoms with Crippen LogP contribution in [0.4, 0.5) is 5.69 Å². The first-order valence-corrected chi connectivity index (χ1v) is 6.20. The fourth-order valence-electron chi connectivity index (χ4n) is 2.49. The van der Waals surface area contributed by atoms with Crippen molar-refractivity contribution < 1.29 is 0 Å². The molecule has 16 heavy (non-hydrogen) atoms. The predicted molar refractivity (Wildman–Crippen MR) is 70.2 cm³/mol. The van der Waals surface area contributed by atoms with Crippen molar-refractivity contribution >= 4 is 5.69 Å². The molecule has 2 nitrogen and oxygen atoms in total. The number of nitrogens with zero attached hydrogens (tertiary/aromatic N) is 1. The van der Waals surface area contributed by atoms with E-state index >= 15 is 0 Å². The molecular weight excluding hydrogens is 196 g/mol. The second-order valence-electron chi connectivity index (χ2n) is 4.86. The molecular formula is C14H22N2. The SMILES string of the molecule is CNC1CCCN(c2cc(C)ccc2C)C1. The fourth-order valence-corrected chi connectivity index (χ4v) is 2.49. The van der Waals surface area contributed by atoms with Gasteiger partial charge in [-0.2, -0.15) is 0 Å². The molecule has 88 valence electrons. The summed E-state index contributed by atoms with van der Waals surface area (Å²) in [5.74, 6) is 0. The summed E-state index contributed by atoms with van der Waals surface area (Å²) in [5, 5.41) is 3.40. The summed E-state index contributed by atoms with van der Waals surface area (Å²) < 4.78 is 0. The highest BCUT2D eigenvalue weighted by molar-refractivity contribution is 5.55. The van der Waals surface area contributed by atoms with Crippen molar-refractivity contribution in [1.82, 2.24) is 5.32 Å². The molecule has 0 aromatic heterocycles. The molecule has 0 aliphatic carbocycles. The predicted octanol–water partition coefficient (Wildman–Crippen LogP) is 2.49. The van der Waals surface area contributed by atoms with Crippen LogP contribution in [0.1, 0.15) is 24.0 Å². The summed E-state index contributed by atoms with van der Waals surface area (Å²) >= 11 is 0. The Balaban J connectivity index is 2.19. The number of likely N-dealkylation sites (N-methyl/N-ethyl adjacent to an activating group) is 1. The minimum absolute atomic E-state index is 0.647. The second kappa shape index (κ2) is 4.88. The molecule has 0 spiro atoms. The number of aryl methyl sites for hydroxylation is 2. The third kappa shape index (κ3) is 2.38. The molecule has 0 saturated carbocycles. The summed E-state index contributed by atoms with van der Waals surface area (Å²) in [5.41, 5.74) is 4.16. The molecule has 0 radical (unpaired) electrons. The number of rotatable bonds is 2. The molecule has 1 atom stereocenters. The third-order valence-corrected chi connectivity index (χ3v) is 3.53. The van der Waals surface area contributed by atoms with E-state index in [9.17, 15) is 0 Å². The maximum Gasteiger partial charge on any atom is 0.0399 e. The Kier molecular flexibility index (Phi) is 3.49. The molecule has 2 heteroatoms. The van der Waals surface area contributed by atoms with Gasteiger partial charge in [-0.15, -0.1) is 0 Å². The average Bonchev–Trinajstić information content (AvgIpc) is 2.32. The quantitative estimate of drug-likeness (QED) is 0.820. The van der Waals surface area contributed by atoms with Crippen molar-refractivity contribution in [2.75, 3.05) is 25.0 Å². The van der Waals surface area contributed by atoms with Crippen molar-refractivity contribution in [2.45, 2.75) is 32.7 Å². The summed E-state index contributed by atoms with van der Waals surface area (Å²) in [6.07, 6.45) is 2.59. The molecule has 1 aliphatic heterocycles. The number of nitrogens with one attached hydrogen (secondary N) is 1. The molecule has 0 amide bonds. The van der Waals surface area contributed by atoms with Crippen LogP contribution in [-0.4, -0.2) is 26.2 Å². The Morgan fingerprint density at radius 1 is 1.31 bits per heavy atom. The lowest BCUT2D eigenvalue weighted by Gasteiger charge is -2.35. The van der Waals surface area contributed by atoms with E-state index in [-0.39, 0.29) is 0 Å². The minimum atomic E-state index is 0.647. The van der Waals surface area contributed by atoms with Crippen molar-refractivity contribution in [3.63, 3.8) is 0 Å². The van der Waals surface area contributed by atoms with Crippen LogP contribution in [0.5, 0.6) is 0 Å². The summed E-state index contributed by atoms with van der Waals surface area (Å²) in [4.78, 5) is 2.52. The maximum absolute atomic E-state index is 3.40. The van der Waals surface area contributed by atoms with Crippen LogP contribution in [0, 0.1) is 13.8 Å². The van der Waals surface area contributed by atoms with Crippen LogP contribution in [0.3, 0.4) is 0 Å². The van der Waals surface area contributed by atoms with E-state index in [2.05, 4.69) is 49.3 Å². The van der Waals surface area contributed by atoms with Crippen molar-refractivity contribution in [1.29, 1.82) is 0 Å². The zero-order valence-corrected chi connectivity index (χ0v) is 10.6. The number of hydrogen-bond donors (Lipinski definition) is 1. The summed E-state index contributed by atoms with van der Waals surface area (Å²) in [6.45, 7) is 6.71. The van der Waals surface area contributed by atoms with Gasteiger partial charge in [-0.1, -0.05) is 12.1 Å². The third-order valence-electron chi connectivity index (χ3n) is 3.53. The molecule has 1 fully saturated rings. The normalized spacial score (nSPS) is 21.2. The summed E-state index contributed by atoms with van der Waals surface area (Å²) in [7, 11) is 2.07. The molecule has 1 aliphatic rings. The Hall–Kier alpha value is -1.02. The van der Waals surface area contributed by atoms with Gasteiger partial charge in [-0.25, -0.2) is 0 Å². The van der Waals surface area contributed by atoms with Gasteiger partial charge in [0.25, 0.3) is 0 Å². The van der Waals surface area contributed by atoms with Crippen LogP contribution >= 0.6 is 0 Å². The lowest BCUT2D eigenvalue weighted by Crippen LogP contribution is -2.44. The van der Waals surface area contributed by atoms with Crippen LogP contribution in [0.2, 0.25) is 0 Å². The van der Waals surface area contributed by atoms with E-state index in [1.165, 1.54) is 36.2 Å². The first kappa shape index (κ1) is 11.5. The number of hydrogen-bond acceptors (Lipinski definition) is 2. The van der Waals surface area contributed by atoms with E-state index in [4.69, 9.17) is 0 Å². The molecule has 1 heterocycles. The Morgan fingerprint density at radius 3 is 2.88 bits per heavy atom. The van der Waals surface area contributed by atoms with Gasteiger partial charge in [0.15, 0.2) is 0 Å². The fraction of sp³-hybridized carbons (Fsp3) is 0.571. The second-order valence-corrected chi connectivity index (χ2v) is 4.86. The molecule has 1 aromatic carbocycles. The average molecular weight is 218 g/mol. The lowest BCUT2D eigenvalue weighted by atomic mass is 10.0. The first-order chi connectivity index (χ1) is 7.70. The van der Waals surface area contributed by atoms with Gasteiger partial charge in [-0.05, 0) is 50.9 Å². The minimum Gasteiger partial charge on any atom is -0.370 e. The van der Waals surface area contributed by atoms with E-state index in [1.54, 1.807) is 0 Å². The number of anilines is 1. The topological polar surface area (TPSA) is 15.3 Å². The van der Waals surface area contributed by atoms with Crippen molar-refractivity contribution in [2.24, 2.45) is 0 Å². The molecule has 1 N–H and O–H groups in total. The Labute approximate surface area is 98.7 Å². The zero-order chi connectivity index (χ0) is 11.5. The van der Waals surface area contributed by atoms with Crippen molar-refractivity contribution in [3.05, 3.63) is 29.3 Å². The van der Waals surface area contributed by atoms with Gasteiger partial charge < -0.3 is 10.2 Å². The largest absolute Gasteiger partial charge is 0.370 e. The van der Waals surface area contributed by atoms with Crippen molar-refractivity contribution in [3.8, 4) is 0 Å². The van der Waals surface area contributed by atoms with E-state index in [1.807, 2.05) is 0 Å². The monoisotopic (exact) mass is 218 g/mol. The molecule has 0 bridgehead atoms. The standard InChI is InChI=1S/C14H22N2/c1-11-6-7-12(2)14(9-11)16-8-4-5-13(10-16)15-3/h6-7,9,13,15H,4-5,8,10H2,1-3H3. The van der Waals surface area contributed by atoms with Gasteiger partial charge in [0.2, 0.25) is 0 Å². The van der Waals surface area contributed by atoms with Gasteiger partial charge >= 0.3 is 0 Å². The Morgan fingerprint density at radius 2 is 2.12 bits per heavy atom. The van der Waals surface area contributed by atoms with E-state index < -0.39 is 0 Å². The maximum atomic E-state index is 3.40. The van der Waals surface area contributed by atoms with Crippen LogP contribution in [0.15, 0.2) is 18.2 Å². The Bertz CT molecular complexity index is 360. The van der Waals surface area contributed by atoms with Gasteiger partial charge in [0.05, 0.1) is 0 Å². The van der Waals surface area contributed by atoms with Crippen LogP contribution < -0.4 is 10.2 Å².